The Morgan fingerprint density at radius 2 is 2.18 bits per heavy atom. The van der Waals surface area contributed by atoms with E-state index in [1.807, 2.05) is 6.92 Å². The van der Waals surface area contributed by atoms with Crippen LogP contribution in [0.25, 0.3) is 0 Å². The highest BCUT2D eigenvalue weighted by Gasteiger charge is 2.21. The van der Waals surface area contributed by atoms with Gasteiger partial charge in [0.05, 0.1) is 18.8 Å². The smallest absolute Gasteiger partial charge is 0.235 e. The van der Waals surface area contributed by atoms with Crippen LogP contribution in [0.2, 0.25) is 0 Å². The van der Waals surface area contributed by atoms with Gasteiger partial charge in [-0.05, 0) is 39.0 Å². The molecule has 120 valence electrons. The third-order valence-corrected chi connectivity index (χ3v) is 4.24. The number of nitrogens with two attached hydrogens (primary N) is 1. The molecule has 2 N–H and O–H groups in total. The Balaban J connectivity index is 1.49. The Labute approximate surface area is 130 Å². The highest BCUT2D eigenvalue weighted by Crippen LogP contribution is 2.29. The fraction of sp³-hybridized carbons (Fsp3) is 0.625. The lowest BCUT2D eigenvalue weighted by atomic mass is 9.92. The van der Waals surface area contributed by atoms with Crippen molar-refractivity contribution in [1.82, 2.24) is 14.8 Å². The average molecular weight is 304 g/mol. The van der Waals surface area contributed by atoms with Gasteiger partial charge >= 0.3 is 0 Å². The van der Waals surface area contributed by atoms with E-state index in [2.05, 4.69) is 21.0 Å². The lowest BCUT2D eigenvalue weighted by molar-refractivity contribution is 0.271. The molecule has 0 atom stereocenters. The molecule has 0 aliphatic heterocycles. The quantitative estimate of drug-likeness (QED) is 0.830. The number of ether oxygens (including phenoxy) is 1. The first-order valence-corrected chi connectivity index (χ1v) is 8.05. The fourth-order valence-corrected chi connectivity index (χ4v) is 2.93. The zero-order valence-electron chi connectivity index (χ0n) is 13.1. The van der Waals surface area contributed by atoms with Crippen LogP contribution < -0.4 is 10.5 Å². The Hall–Kier alpha value is -1.82. The maximum atomic E-state index is 5.96. The van der Waals surface area contributed by atoms with Gasteiger partial charge in [0.25, 0.3) is 0 Å². The van der Waals surface area contributed by atoms with Gasteiger partial charge in [-0.3, -0.25) is 4.68 Å². The van der Waals surface area contributed by atoms with E-state index in [1.54, 1.807) is 12.5 Å². The van der Waals surface area contributed by atoms with E-state index < -0.39 is 0 Å². The molecule has 1 aliphatic carbocycles. The molecular weight excluding hydrogens is 280 g/mol. The SMILES string of the molecule is Cc1cn([C@H]2CC[C@H](N)CC2)nc1OCCCc1ncco1. The molecule has 2 aromatic rings. The summed E-state index contributed by atoms with van der Waals surface area (Å²) in [6, 6.07) is 0.821. The van der Waals surface area contributed by atoms with E-state index >= 15 is 0 Å². The Kier molecular flexibility index (Phi) is 4.77. The van der Waals surface area contributed by atoms with Crippen molar-refractivity contribution in [2.45, 2.75) is 57.5 Å². The third-order valence-electron chi connectivity index (χ3n) is 4.24. The molecule has 0 unspecified atom stereocenters. The molecule has 3 rings (SSSR count). The molecule has 6 nitrogen and oxygen atoms in total. The predicted octanol–water partition coefficient (Wildman–Crippen LogP) is 2.63. The van der Waals surface area contributed by atoms with Gasteiger partial charge in [-0.1, -0.05) is 0 Å². The van der Waals surface area contributed by atoms with E-state index in [4.69, 9.17) is 14.9 Å². The number of aryl methyl sites for hydroxylation is 2. The maximum absolute atomic E-state index is 5.96. The Bertz CT molecular complexity index is 571. The average Bonchev–Trinajstić information content (AvgIpc) is 3.15. The number of nitrogens with zero attached hydrogens (tertiary/aromatic N) is 3. The first kappa shape index (κ1) is 15.1. The lowest BCUT2D eigenvalue weighted by Crippen LogP contribution is -2.28. The largest absolute Gasteiger partial charge is 0.476 e. The fourth-order valence-electron chi connectivity index (χ4n) is 2.93. The molecule has 2 aromatic heterocycles. The van der Waals surface area contributed by atoms with Gasteiger partial charge in [-0.25, -0.2) is 4.98 Å². The molecule has 22 heavy (non-hydrogen) atoms. The zero-order chi connectivity index (χ0) is 15.4. The van der Waals surface area contributed by atoms with Gasteiger partial charge < -0.3 is 14.9 Å². The molecule has 0 radical (unpaired) electrons. The second kappa shape index (κ2) is 6.96. The van der Waals surface area contributed by atoms with Gasteiger partial charge in [-0.15, -0.1) is 5.10 Å². The second-order valence-electron chi connectivity index (χ2n) is 6.04. The van der Waals surface area contributed by atoms with Crippen molar-refractivity contribution in [3.05, 3.63) is 30.1 Å². The minimum Gasteiger partial charge on any atom is -0.476 e. The summed E-state index contributed by atoms with van der Waals surface area (Å²) in [5.41, 5.74) is 7.05. The van der Waals surface area contributed by atoms with Crippen LogP contribution in [0.1, 0.15) is 49.6 Å². The molecule has 6 heteroatoms. The number of hydrogen-bond donors (Lipinski definition) is 1. The number of rotatable bonds is 6. The molecule has 1 saturated carbocycles. The van der Waals surface area contributed by atoms with Gasteiger partial charge in [0.1, 0.15) is 6.26 Å². The number of hydrogen-bond acceptors (Lipinski definition) is 5. The van der Waals surface area contributed by atoms with Crippen LogP contribution in [0.15, 0.2) is 23.1 Å². The molecule has 0 spiro atoms. The van der Waals surface area contributed by atoms with Crippen molar-refractivity contribution in [3.8, 4) is 5.88 Å². The summed E-state index contributed by atoms with van der Waals surface area (Å²) >= 11 is 0. The van der Waals surface area contributed by atoms with E-state index in [0.717, 1.165) is 55.9 Å². The second-order valence-corrected chi connectivity index (χ2v) is 6.04. The summed E-state index contributed by atoms with van der Waals surface area (Å²) in [6.45, 7) is 2.66. The van der Waals surface area contributed by atoms with Crippen LogP contribution in [0, 0.1) is 6.92 Å². The van der Waals surface area contributed by atoms with Crippen LogP contribution >= 0.6 is 0 Å². The molecule has 0 amide bonds. The van der Waals surface area contributed by atoms with E-state index in [1.165, 1.54) is 0 Å². The molecule has 2 heterocycles. The van der Waals surface area contributed by atoms with Crippen molar-refractivity contribution in [3.63, 3.8) is 0 Å². The summed E-state index contributed by atoms with van der Waals surface area (Å²) in [4.78, 5) is 4.10. The number of oxazole rings is 1. The summed E-state index contributed by atoms with van der Waals surface area (Å²) in [6.07, 6.45) is 11.4. The van der Waals surface area contributed by atoms with Crippen molar-refractivity contribution >= 4 is 0 Å². The van der Waals surface area contributed by atoms with Crippen molar-refractivity contribution in [2.75, 3.05) is 6.61 Å². The summed E-state index contributed by atoms with van der Waals surface area (Å²) in [5.74, 6) is 1.49. The molecule has 0 aromatic carbocycles. The molecule has 1 aliphatic rings. The maximum Gasteiger partial charge on any atom is 0.235 e. The number of aromatic nitrogens is 3. The first-order chi connectivity index (χ1) is 10.7. The van der Waals surface area contributed by atoms with Crippen molar-refractivity contribution in [1.29, 1.82) is 0 Å². The molecule has 0 saturated heterocycles. The topological polar surface area (TPSA) is 79.1 Å². The van der Waals surface area contributed by atoms with Gasteiger partial charge in [-0.2, -0.15) is 0 Å². The molecule has 0 bridgehead atoms. The standard InChI is InChI=1S/C16H24N4O2/c1-12-11-20(14-6-4-13(17)5-7-14)19-16(12)22-9-2-3-15-18-8-10-21-15/h8,10-11,13-14H,2-7,9,17H2,1H3/t13-,14-. The molecule has 1 fully saturated rings. The summed E-state index contributed by atoms with van der Waals surface area (Å²) in [7, 11) is 0. The Morgan fingerprint density at radius 1 is 1.36 bits per heavy atom. The Morgan fingerprint density at radius 3 is 2.91 bits per heavy atom. The van der Waals surface area contributed by atoms with Gasteiger partial charge in [0, 0.05) is 24.2 Å². The van der Waals surface area contributed by atoms with E-state index in [-0.39, 0.29) is 0 Å². The van der Waals surface area contributed by atoms with Crippen molar-refractivity contribution < 1.29 is 9.15 Å². The lowest BCUT2D eigenvalue weighted by Gasteiger charge is -2.26. The van der Waals surface area contributed by atoms with Crippen molar-refractivity contribution in [2.24, 2.45) is 5.73 Å². The van der Waals surface area contributed by atoms with Gasteiger partial charge in [0.2, 0.25) is 5.88 Å². The van der Waals surface area contributed by atoms with E-state index in [9.17, 15) is 0 Å². The minimum absolute atomic E-state index is 0.360. The highest BCUT2D eigenvalue weighted by molar-refractivity contribution is 5.21. The summed E-state index contributed by atoms with van der Waals surface area (Å²) < 4.78 is 13.1. The summed E-state index contributed by atoms with van der Waals surface area (Å²) in [5, 5.41) is 4.61. The minimum atomic E-state index is 0.360. The zero-order valence-corrected chi connectivity index (χ0v) is 13.1. The normalized spacial score (nSPS) is 21.9. The predicted molar refractivity (Wildman–Crippen MR) is 82.8 cm³/mol. The van der Waals surface area contributed by atoms with Crippen LogP contribution in [-0.4, -0.2) is 27.4 Å². The van der Waals surface area contributed by atoms with E-state index in [0.29, 0.717) is 18.7 Å². The first-order valence-electron chi connectivity index (χ1n) is 8.05. The van der Waals surface area contributed by atoms with Crippen LogP contribution in [0.4, 0.5) is 0 Å². The van der Waals surface area contributed by atoms with Crippen LogP contribution in [0.5, 0.6) is 5.88 Å². The third kappa shape index (κ3) is 3.68. The molecular formula is C16H24N4O2. The monoisotopic (exact) mass is 304 g/mol. The highest BCUT2D eigenvalue weighted by atomic mass is 16.5. The van der Waals surface area contributed by atoms with Gasteiger partial charge in [0.15, 0.2) is 5.89 Å². The van der Waals surface area contributed by atoms with Crippen LogP contribution in [-0.2, 0) is 6.42 Å². The van der Waals surface area contributed by atoms with Crippen LogP contribution in [0.3, 0.4) is 0 Å².